The van der Waals surface area contributed by atoms with E-state index in [0.717, 1.165) is 0 Å². The monoisotopic (exact) mass is 247 g/mol. The van der Waals surface area contributed by atoms with Gasteiger partial charge in [-0.1, -0.05) is 13.8 Å². The minimum absolute atomic E-state index is 0.276. The van der Waals surface area contributed by atoms with Crippen LogP contribution in [0.3, 0.4) is 0 Å². The molecular weight excluding hydrogens is 230 g/mol. The van der Waals surface area contributed by atoms with E-state index in [-0.39, 0.29) is 5.92 Å². The molecule has 18 heavy (non-hydrogen) atoms. The first-order valence-electron chi connectivity index (χ1n) is 5.81. The minimum Gasteiger partial charge on any atom is -0.480 e. The lowest BCUT2D eigenvalue weighted by Crippen LogP contribution is -2.31. The zero-order chi connectivity index (χ0) is 13.7. The van der Waals surface area contributed by atoms with Crippen LogP contribution in [0.25, 0.3) is 0 Å². The summed E-state index contributed by atoms with van der Waals surface area (Å²) >= 11 is 0. The lowest BCUT2D eigenvalue weighted by molar-refractivity contribution is -0.138. The molecule has 0 aliphatic heterocycles. The summed E-state index contributed by atoms with van der Waals surface area (Å²) in [5.41, 5.74) is 1.09. The fourth-order valence-electron chi connectivity index (χ4n) is 1.63. The summed E-state index contributed by atoms with van der Waals surface area (Å²) in [6.45, 7) is 5.66. The summed E-state index contributed by atoms with van der Waals surface area (Å²) in [7, 11) is 0. The van der Waals surface area contributed by atoms with Gasteiger partial charge in [-0.3, -0.25) is 0 Å². The van der Waals surface area contributed by atoms with Crippen LogP contribution in [0.4, 0.5) is 5.82 Å². The van der Waals surface area contributed by atoms with E-state index in [0.29, 0.717) is 23.5 Å². The Morgan fingerprint density at radius 1 is 1.56 bits per heavy atom. The number of hydrogen-bond acceptors (Lipinski definition) is 4. The quantitative estimate of drug-likeness (QED) is 0.832. The molecule has 5 heteroatoms. The summed E-state index contributed by atoms with van der Waals surface area (Å²) in [4.78, 5) is 15.3. The molecule has 1 rings (SSSR count). The third kappa shape index (κ3) is 3.74. The summed E-state index contributed by atoms with van der Waals surface area (Å²) in [6.07, 6.45) is 0.524. The maximum absolute atomic E-state index is 11.1. The first-order valence-corrected chi connectivity index (χ1v) is 5.81. The smallest absolute Gasteiger partial charge is 0.326 e. The van der Waals surface area contributed by atoms with Crippen LogP contribution in [-0.2, 0) is 4.79 Å². The van der Waals surface area contributed by atoms with Crippen LogP contribution in [0.1, 0.15) is 31.5 Å². The maximum atomic E-state index is 11.1. The number of aryl methyl sites for hydroxylation is 1. The number of anilines is 1. The molecule has 0 aromatic carbocycles. The number of aliphatic carboxylic acids is 1. The summed E-state index contributed by atoms with van der Waals surface area (Å²) in [5, 5.41) is 20.8. The van der Waals surface area contributed by atoms with Crippen molar-refractivity contribution in [3.05, 3.63) is 23.4 Å². The van der Waals surface area contributed by atoms with E-state index in [9.17, 15) is 4.79 Å². The molecule has 0 aliphatic rings. The Morgan fingerprint density at radius 3 is 2.67 bits per heavy atom. The molecule has 0 saturated carbocycles. The number of nitriles is 1. The van der Waals surface area contributed by atoms with Gasteiger partial charge in [0.15, 0.2) is 0 Å². The molecule has 1 aromatic rings. The fraction of sp³-hybridized carbons (Fsp3) is 0.462. The van der Waals surface area contributed by atoms with Crippen LogP contribution in [0, 0.1) is 24.2 Å². The standard InChI is InChI=1S/C13H17N3O2/c1-8(2)6-11(13(17)18)16-12-5-4-10(7-14)9(3)15-12/h4-5,8,11H,6H2,1-3H3,(H,15,16)(H,17,18)/t11-/m0/s1. The van der Waals surface area contributed by atoms with Gasteiger partial charge in [-0.15, -0.1) is 0 Å². The van der Waals surface area contributed by atoms with E-state index in [4.69, 9.17) is 10.4 Å². The van der Waals surface area contributed by atoms with Gasteiger partial charge in [0.05, 0.1) is 11.3 Å². The molecule has 0 bridgehead atoms. The Bertz CT molecular complexity index is 478. The number of carboxylic acid groups (broad SMARTS) is 1. The predicted octanol–water partition coefficient (Wildman–Crippen LogP) is 2.17. The van der Waals surface area contributed by atoms with Crippen molar-refractivity contribution >= 4 is 11.8 Å². The van der Waals surface area contributed by atoms with Crippen molar-refractivity contribution in [2.45, 2.75) is 33.2 Å². The van der Waals surface area contributed by atoms with Crippen LogP contribution in [0.5, 0.6) is 0 Å². The Labute approximate surface area is 106 Å². The van der Waals surface area contributed by atoms with Gasteiger partial charge in [-0.2, -0.15) is 5.26 Å². The van der Waals surface area contributed by atoms with Crippen molar-refractivity contribution < 1.29 is 9.90 Å². The third-order valence-electron chi connectivity index (χ3n) is 2.53. The second kappa shape index (κ2) is 6.01. The van der Waals surface area contributed by atoms with Crippen molar-refractivity contribution in [2.24, 2.45) is 5.92 Å². The Balaban J connectivity index is 2.85. The van der Waals surface area contributed by atoms with Gasteiger partial charge >= 0.3 is 5.97 Å². The number of hydrogen-bond donors (Lipinski definition) is 2. The van der Waals surface area contributed by atoms with Crippen molar-refractivity contribution in [1.29, 1.82) is 5.26 Å². The molecule has 96 valence electrons. The first-order chi connectivity index (χ1) is 8.43. The van der Waals surface area contributed by atoms with Gasteiger partial charge in [0.1, 0.15) is 17.9 Å². The molecular formula is C13H17N3O2. The van der Waals surface area contributed by atoms with E-state index in [1.807, 2.05) is 19.9 Å². The highest BCUT2D eigenvalue weighted by molar-refractivity contribution is 5.76. The van der Waals surface area contributed by atoms with Crippen molar-refractivity contribution in [2.75, 3.05) is 5.32 Å². The molecule has 1 atom stereocenters. The maximum Gasteiger partial charge on any atom is 0.326 e. The molecule has 5 nitrogen and oxygen atoms in total. The van der Waals surface area contributed by atoms with Crippen LogP contribution in [0.15, 0.2) is 12.1 Å². The first kappa shape index (κ1) is 14.0. The number of carboxylic acids is 1. The zero-order valence-corrected chi connectivity index (χ0v) is 10.8. The minimum atomic E-state index is -0.896. The van der Waals surface area contributed by atoms with Crippen LogP contribution in [-0.4, -0.2) is 22.1 Å². The normalized spacial score (nSPS) is 11.9. The molecule has 0 aliphatic carbocycles. The molecule has 1 heterocycles. The van der Waals surface area contributed by atoms with Crippen LogP contribution in [0.2, 0.25) is 0 Å². The fourth-order valence-corrected chi connectivity index (χ4v) is 1.63. The molecule has 0 unspecified atom stereocenters. The summed E-state index contributed by atoms with van der Waals surface area (Å²) < 4.78 is 0. The van der Waals surface area contributed by atoms with Gasteiger partial charge in [0.25, 0.3) is 0 Å². The van der Waals surface area contributed by atoms with Crippen molar-refractivity contribution in [3.63, 3.8) is 0 Å². The average Bonchev–Trinajstić information content (AvgIpc) is 2.27. The second-order valence-corrected chi connectivity index (χ2v) is 4.61. The zero-order valence-electron chi connectivity index (χ0n) is 10.8. The highest BCUT2D eigenvalue weighted by atomic mass is 16.4. The number of nitrogens with one attached hydrogen (secondary N) is 1. The number of carbonyl (C=O) groups is 1. The van der Waals surface area contributed by atoms with Crippen LogP contribution < -0.4 is 5.32 Å². The van der Waals surface area contributed by atoms with Crippen LogP contribution >= 0.6 is 0 Å². The van der Waals surface area contributed by atoms with Gasteiger partial charge in [0, 0.05) is 0 Å². The van der Waals surface area contributed by atoms with Crippen molar-refractivity contribution in [1.82, 2.24) is 4.98 Å². The lowest BCUT2D eigenvalue weighted by atomic mass is 10.0. The van der Waals surface area contributed by atoms with E-state index >= 15 is 0 Å². The number of rotatable bonds is 5. The molecule has 0 spiro atoms. The molecule has 0 amide bonds. The number of pyridine rings is 1. The Morgan fingerprint density at radius 2 is 2.22 bits per heavy atom. The highest BCUT2D eigenvalue weighted by Gasteiger charge is 2.19. The molecule has 1 aromatic heterocycles. The lowest BCUT2D eigenvalue weighted by Gasteiger charge is -2.17. The molecule has 2 N–H and O–H groups in total. The topological polar surface area (TPSA) is 86.0 Å². The third-order valence-corrected chi connectivity index (χ3v) is 2.53. The molecule has 0 fully saturated rings. The Kier molecular flexibility index (Phi) is 4.67. The highest BCUT2D eigenvalue weighted by Crippen LogP contribution is 2.14. The van der Waals surface area contributed by atoms with E-state index < -0.39 is 12.0 Å². The van der Waals surface area contributed by atoms with E-state index in [1.54, 1.807) is 19.1 Å². The van der Waals surface area contributed by atoms with Gasteiger partial charge in [0.2, 0.25) is 0 Å². The van der Waals surface area contributed by atoms with E-state index in [2.05, 4.69) is 10.3 Å². The summed E-state index contributed by atoms with van der Waals surface area (Å²) in [5.74, 6) is -0.134. The van der Waals surface area contributed by atoms with E-state index in [1.165, 1.54) is 0 Å². The van der Waals surface area contributed by atoms with Gasteiger partial charge in [-0.25, -0.2) is 9.78 Å². The Hall–Kier alpha value is -2.09. The largest absolute Gasteiger partial charge is 0.480 e. The summed E-state index contributed by atoms with van der Waals surface area (Å²) in [6, 6.07) is 4.63. The predicted molar refractivity (Wildman–Crippen MR) is 68.2 cm³/mol. The van der Waals surface area contributed by atoms with Gasteiger partial charge in [-0.05, 0) is 31.4 Å². The molecule has 0 radical (unpaired) electrons. The number of nitrogens with zero attached hydrogens (tertiary/aromatic N) is 2. The number of aromatic nitrogens is 1. The van der Waals surface area contributed by atoms with Crippen molar-refractivity contribution in [3.8, 4) is 6.07 Å². The molecule has 0 saturated heterocycles. The second-order valence-electron chi connectivity index (χ2n) is 4.61. The average molecular weight is 247 g/mol. The SMILES string of the molecule is Cc1nc(N[C@@H](CC(C)C)C(=O)O)ccc1C#N. The van der Waals surface area contributed by atoms with Gasteiger partial charge < -0.3 is 10.4 Å².